The van der Waals surface area contributed by atoms with E-state index in [-0.39, 0.29) is 34.7 Å². The van der Waals surface area contributed by atoms with Gasteiger partial charge in [0.05, 0.1) is 29.3 Å². The Hall–Kier alpha value is -3.81. The predicted octanol–water partition coefficient (Wildman–Crippen LogP) is 6.60. The molecule has 0 fully saturated rings. The van der Waals surface area contributed by atoms with Crippen molar-refractivity contribution in [2.75, 3.05) is 0 Å². The van der Waals surface area contributed by atoms with Crippen LogP contribution in [0.3, 0.4) is 0 Å². The number of nitriles is 1. The molecule has 0 radical (unpaired) electrons. The average molecular weight is 478 g/mol. The van der Waals surface area contributed by atoms with E-state index < -0.39 is 29.0 Å². The fourth-order valence-corrected chi connectivity index (χ4v) is 3.82. The Morgan fingerprint density at radius 2 is 1.71 bits per heavy atom. The molecule has 2 aromatic carbocycles. The lowest BCUT2D eigenvalue weighted by Crippen LogP contribution is -2.09. The average Bonchev–Trinajstić information content (AvgIpc) is 3.37. The molecule has 4 aromatic rings. The third-order valence-corrected chi connectivity index (χ3v) is 5.31. The molecule has 0 atom stereocenters. The summed E-state index contributed by atoms with van der Waals surface area (Å²) < 4.78 is 86.3. The zero-order valence-electron chi connectivity index (χ0n) is 17.6. The molecular formula is C23H16F6N4O. The number of aromatic nitrogens is 3. The van der Waals surface area contributed by atoms with Crippen molar-refractivity contribution < 1.29 is 30.9 Å². The van der Waals surface area contributed by atoms with Crippen LogP contribution in [0.25, 0.3) is 22.4 Å². The topological polar surface area (TPSA) is 67.6 Å². The minimum absolute atomic E-state index is 0.0139. The van der Waals surface area contributed by atoms with Crippen molar-refractivity contribution in [1.82, 2.24) is 14.7 Å². The molecule has 0 amide bonds. The van der Waals surface area contributed by atoms with Crippen molar-refractivity contribution in [2.24, 2.45) is 0 Å². The maximum atomic E-state index is 13.7. The normalized spacial score (nSPS) is 12.3. The van der Waals surface area contributed by atoms with E-state index in [2.05, 4.69) is 10.1 Å². The summed E-state index contributed by atoms with van der Waals surface area (Å²) in [6.07, 6.45) is -8.07. The van der Waals surface area contributed by atoms with Crippen LogP contribution >= 0.6 is 0 Å². The van der Waals surface area contributed by atoms with E-state index in [1.165, 1.54) is 24.3 Å². The smallest absolute Gasteiger partial charge is 0.337 e. The van der Waals surface area contributed by atoms with Crippen molar-refractivity contribution in [3.05, 3.63) is 70.7 Å². The lowest BCUT2D eigenvalue weighted by molar-refractivity contribution is -0.138. The van der Waals surface area contributed by atoms with E-state index >= 15 is 0 Å². The molecule has 34 heavy (non-hydrogen) atoms. The molecule has 11 heteroatoms. The van der Waals surface area contributed by atoms with Crippen molar-refractivity contribution in [2.45, 2.75) is 38.7 Å². The summed E-state index contributed by atoms with van der Waals surface area (Å²) in [4.78, 5) is 4.21. The van der Waals surface area contributed by atoms with Gasteiger partial charge in [0, 0.05) is 22.2 Å². The molecule has 4 rings (SSSR count). The number of halogens is 6. The molecule has 0 saturated carbocycles. The molecule has 0 aliphatic rings. The first-order valence-corrected chi connectivity index (χ1v) is 10.2. The summed E-state index contributed by atoms with van der Waals surface area (Å²) in [5.74, 6) is 0.127. The Balaban J connectivity index is 1.73. The van der Waals surface area contributed by atoms with Crippen LogP contribution in [0.4, 0.5) is 26.3 Å². The summed E-state index contributed by atoms with van der Waals surface area (Å²) in [6.45, 7) is 1.86. The highest BCUT2D eigenvalue weighted by Crippen LogP contribution is 2.39. The maximum absolute atomic E-state index is 13.7. The highest BCUT2D eigenvalue weighted by atomic mass is 19.4. The Morgan fingerprint density at radius 1 is 1.00 bits per heavy atom. The molecule has 0 saturated heterocycles. The zero-order chi connectivity index (χ0) is 24.7. The van der Waals surface area contributed by atoms with Gasteiger partial charge in [0.2, 0.25) is 0 Å². The van der Waals surface area contributed by atoms with E-state index in [9.17, 15) is 31.6 Å². The number of benzene rings is 2. The first kappa shape index (κ1) is 23.4. The molecule has 0 aliphatic heterocycles. The third kappa shape index (κ3) is 4.35. The standard InChI is InChI=1S/C23H16F6N4O/c1-2-3-16-10-17-18(9-6-14(11-30)20(17)23(27,28)29)33(16)12-19-31-21(34-32-19)13-4-7-15(8-5-13)22(24,25)26/h4-10H,2-3,12H2,1H3. The number of alkyl halides is 6. The third-order valence-electron chi connectivity index (χ3n) is 5.31. The lowest BCUT2D eigenvalue weighted by atomic mass is 10.0. The van der Waals surface area contributed by atoms with E-state index in [0.717, 1.165) is 18.2 Å². The first-order valence-electron chi connectivity index (χ1n) is 10.2. The highest BCUT2D eigenvalue weighted by molar-refractivity contribution is 5.87. The van der Waals surface area contributed by atoms with Crippen LogP contribution in [-0.2, 0) is 25.3 Å². The van der Waals surface area contributed by atoms with Crippen LogP contribution in [0.5, 0.6) is 0 Å². The number of hydrogen-bond donors (Lipinski definition) is 0. The fraction of sp³-hybridized carbons (Fsp3) is 0.261. The molecule has 0 aliphatic carbocycles. The lowest BCUT2D eigenvalue weighted by Gasteiger charge is -2.11. The van der Waals surface area contributed by atoms with Gasteiger partial charge in [0.15, 0.2) is 5.82 Å². The number of rotatable bonds is 5. The molecule has 0 N–H and O–H groups in total. The van der Waals surface area contributed by atoms with Gasteiger partial charge < -0.3 is 9.09 Å². The van der Waals surface area contributed by atoms with Crippen LogP contribution in [0.2, 0.25) is 0 Å². The number of nitrogens with zero attached hydrogens (tertiary/aromatic N) is 4. The molecule has 0 bridgehead atoms. The van der Waals surface area contributed by atoms with Crippen LogP contribution in [0.15, 0.2) is 47.0 Å². The Labute approximate surface area is 189 Å². The largest absolute Gasteiger partial charge is 0.418 e. The van der Waals surface area contributed by atoms with Gasteiger partial charge in [-0.3, -0.25) is 0 Å². The van der Waals surface area contributed by atoms with Crippen LogP contribution in [0, 0.1) is 11.3 Å². The van der Waals surface area contributed by atoms with Gasteiger partial charge in [-0.25, -0.2) is 0 Å². The molecular weight excluding hydrogens is 462 g/mol. The van der Waals surface area contributed by atoms with E-state index in [4.69, 9.17) is 4.52 Å². The maximum Gasteiger partial charge on any atom is 0.418 e. The van der Waals surface area contributed by atoms with Crippen molar-refractivity contribution in [1.29, 1.82) is 5.26 Å². The number of fused-ring (bicyclic) bond motifs is 1. The van der Waals surface area contributed by atoms with Gasteiger partial charge in [0.1, 0.15) is 0 Å². The number of hydrogen-bond acceptors (Lipinski definition) is 4. The van der Waals surface area contributed by atoms with Gasteiger partial charge in [0.25, 0.3) is 5.89 Å². The van der Waals surface area contributed by atoms with Crippen LogP contribution < -0.4 is 0 Å². The van der Waals surface area contributed by atoms with Crippen molar-refractivity contribution in [3.63, 3.8) is 0 Å². The van der Waals surface area contributed by atoms with E-state index in [1.54, 1.807) is 10.6 Å². The van der Waals surface area contributed by atoms with Gasteiger partial charge in [-0.15, -0.1) is 0 Å². The second kappa shape index (κ2) is 8.52. The summed E-state index contributed by atoms with van der Waals surface area (Å²) >= 11 is 0. The van der Waals surface area contributed by atoms with Crippen molar-refractivity contribution in [3.8, 4) is 17.5 Å². The van der Waals surface area contributed by atoms with E-state index in [1.807, 2.05) is 6.92 Å². The van der Waals surface area contributed by atoms with E-state index in [0.29, 0.717) is 18.5 Å². The van der Waals surface area contributed by atoms with Gasteiger partial charge in [-0.2, -0.15) is 36.6 Å². The fourth-order valence-electron chi connectivity index (χ4n) is 3.82. The summed E-state index contributed by atoms with van der Waals surface area (Å²) in [5, 5.41) is 12.9. The minimum Gasteiger partial charge on any atom is -0.337 e. The zero-order valence-corrected chi connectivity index (χ0v) is 17.6. The number of aryl methyl sites for hydroxylation is 1. The summed E-state index contributed by atoms with van der Waals surface area (Å²) in [6, 6.07) is 9.77. The molecule has 0 spiro atoms. The minimum atomic E-state index is -4.72. The molecule has 176 valence electrons. The highest BCUT2D eigenvalue weighted by Gasteiger charge is 2.36. The monoisotopic (exact) mass is 478 g/mol. The van der Waals surface area contributed by atoms with Gasteiger partial charge in [-0.1, -0.05) is 18.5 Å². The Morgan fingerprint density at radius 3 is 2.29 bits per heavy atom. The summed E-state index contributed by atoms with van der Waals surface area (Å²) in [7, 11) is 0. The molecule has 2 heterocycles. The van der Waals surface area contributed by atoms with Crippen LogP contribution in [-0.4, -0.2) is 14.7 Å². The molecule has 5 nitrogen and oxygen atoms in total. The van der Waals surface area contributed by atoms with Gasteiger partial charge in [-0.05, 0) is 48.9 Å². The van der Waals surface area contributed by atoms with Gasteiger partial charge >= 0.3 is 12.4 Å². The summed E-state index contributed by atoms with van der Waals surface area (Å²) in [5.41, 5.74) is -1.16. The second-order valence-corrected chi connectivity index (χ2v) is 7.59. The second-order valence-electron chi connectivity index (χ2n) is 7.59. The quantitative estimate of drug-likeness (QED) is 0.303. The Kier molecular flexibility index (Phi) is 5.85. The molecule has 0 unspecified atom stereocenters. The predicted molar refractivity (Wildman–Crippen MR) is 109 cm³/mol. The Bertz CT molecular complexity index is 1370. The first-order chi connectivity index (χ1) is 16.0. The van der Waals surface area contributed by atoms with Crippen LogP contribution in [0.1, 0.15) is 41.6 Å². The SMILES string of the molecule is CCCc1cc2c(C(F)(F)F)c(C#N)ccc2n1Cc1noc(-c2ccc(C(F)(F)F)cc2)n1. The van der Waals surface area contributed by atoms with Crippen molar-refractivity contribution >= 4 is 10.9 Å². The molecule has 2 aromatic heterocycles.